The minimum Gasteiger partial charge on any atom is -0.508 e. The molecule has 0 spiro atoms. The van der Waals surface area contributed by atoms with Crippen molar-refractivity contribution in [1.82, 2.24) is 10.2 Å². The number of nitrogens with one attached hydrogen (secondary N) is 1. The van der Waals surface area contributed by atoms with Crippen LogP contribution in [-0.2, 0) is 0 Å². The van der Waals surface area contributed by atoms with Crippen molar-refractivity contribution in [1.29, 1.82) is 0 Å². The molecule has 1 saturated heterocycles. The number of nitrogens with zero attached hydrogens (tertiary/aromatic N) is 2. The number of rotatable bonds is 4. The van der Waals surface area contributed by atoms with E-state index in [0.717, 1.165) is 39.0 Å². The highest BCUT2D eigenvalue weighted by atomic mass is 16.6. The molecule has 6 nitrogen and oxygen atoms in total. The lowest BCUT2D eigenvalue weighted by atomic mass is 9.76. The molecule has 6 heteroatoms. The topological polar surface area (TPSA) is 78.6 Å². The lowest BCUT2D eigenvalue weighted by Crippen LogP contribution is -2.48. The summed E-state index contributed by atoms with van der Waals surface area (Å²) >= 11 is 0. The summed E-state index contributed by atoms with van der Waals surface area (Å²) < 4.78 is 0. The zero-order valence-corrected chi connectivity index (χ0v) is 12.0. The standard InChI is InChI=1S/C15H21N3O3/c19-12-4-5-14(18(20)21)13(10-12)15(11-2-1-3-11)17-8-6-16-7-9-17/h4-5,10-11,15-16,19H,1-3,6-9H2/t15-/m0/s1. The number of benzene rings is 1. The molecule has 1 heterocycles. The van der Waals surface area contributed by atoms with Gasteiger partial charge >= 0.3 is 0 Å². The van der Waals surface area contributed by atoms with Crippen molar-refractivity contribution in [2.24, 2.45) is 5.92 Å². The summed E-state index contributed by atoms with van der Waals surface area (Å²) in [6.07, 6.45) is 3.42. The average Bonchev–Trinajstić information content (AvgIpc) is 2.43. The Morgan fingerprint density at radius 1 is 1.33 bits per heavy atom. The SMILES string of the molecule is O=[N+]([O-])c1ccc(O)cc1[C@H](C1CCC1)N1CCNCC1. The van der Waals surface area contributed by atoms with E-state index in [1.165, 1.54) is 18.6 Å². The van der Waals surface area contributed by atoms with E-state index in [0.29, 0.717) is 11.5 Å². The molecule has 114 valence electrons. The average molecular weight is 291 g/mol. The van der Waals surface area contributed by atoms with Gasteiger partial charge in [-0.25, -0.2) is 0 Å². The van der Waals surface area contributed by atoms with Crippen LogP contribution < -0.4 is 5.32 Å². The molecule has 2 fully saturated rings. The fraction of sp³-hybridized carbons (Fsp3) is 0.600. The Kier molecular flexibility index (Phi) is 4.07. The van der Waals surface area contributed by atoms with Crippen molar-refractivity contribution in [3.8, 4) is 5.75 Å². The number of hydrogen-bond acceptors (Lipinski definition) is 5. The summed E-state index contributed by atoms with van der Waals surface area (Å²) in [5.41, 5.74) is 0.801. The van der Waals surface area contributed by atoms with Gasteiger partial charge in [-0.1, -0.05) is 6.42 Å². The first-order valence-corrected chi connectivity index (χ1v) is 7.59. The minimum atomic E-state index is -0.331. The molecule has 21 heavy (non-hydrogen) atoms. The van der Waals surface area contributed by atoms with E-state index >= 15 is 0 Å². The summed E-state index contributed by atoms with van der Waals surface area (Å²) in [6, 6.07) is 4.46. The second kappa shape index (κ2) is 5.99. The number of nitro benzene ring substituents is 1. The fourth-order valence-corrected chi connectivity index (χ4v) is 3.41. The summed E-state index contributed by atoms with van der Waals surface area (Å²) in [5, 5.41) is 24.4. The molecular weight excluding hydrogens is 270 g/mol. The zero-order chi connectivity index (χ0) is 14.8. The van der Waals surface area contributed by atoms with Crippen molar-refractivity contribution >= 4 is 5.69 Å². The highest BCUT2D eigenvalue weighted by molar-refractivity contribution is 5.47. The monoisotopic (exact) mass is 291 g/mol. The molecule has 0 radical (unpaired) electrons. The molecule has 0 bridgehead atoms. The Labute approximate surface area is 123 Å². The highest BCUT2D eigenvalue weighted by Crippen LogP contribution is 2.44. The van der Waals surface area contributed by atoms with E-state index in [1.54, 1.807) is 6.07 Å². The summed E-state index contributed by atoms with van der Waals surface area (Å²) in [6.45, 7) is 3.62. The van der Waals surface area contributed by atoms with Crippen molar-refractivity contribution in [2.45, 2.75) is 25.3 Å². The number of phenolic OH excluding ortho intramolecular Hbond substituents is 1. The molecule has 0 amide bonds. The lowest BCUT2D eigenvalue weighted by Gasteiger charge is -2.43. The third kappa shape index (κ3) is 2.87. The van der Waals surface area contributed by atoms with Crippen LogP contribution in [0.4, 0.5) is 5.69 Å². The van der Waals surface area contributed by atoms with Gasteiger partial charge in [-0.15, -0.1) is 0 Å². The van der Waals surface area contributed by atoms with Crippen molar-refractivity contribution in [3.63, 3.8) is 0 Å². The number of phenols is 1. The normalized spacial score (nSPS) is 21.7. The molecule has 1 aliphatic heterocycles. The van der Waals surface area contributed by atoms with Crippen LogP contribution >= 0.6 is 0 Å². The molecule has 1 atom stereocenters. The van der Waals surface area contributed by atoms with Gasteiger partial charge < -0.3 is 10.4 Å². The third-order valence-electron chi connectivity index (χ3n) is 4.67. The lowest BCUT2D eigenvalue weighted by molar-refractivity contribution is -0.386. The summed E-state index contributed by atoms with van der Waals surface area (Å²) in [5.74, 6) is 0.568. The first kappa shape index (κ1) is 14.3. The number of piperazine rings is 1. The molecule has 2 N–H and O–H groups in total. The van der Waals surface area contributed by atoms with Gasteiger partial charge in [-0.2, -0.15) is 0 Å². The van der Waals surface area contributed by atoms with Crippen LogP contribution in [-0.4, -0.2) is 41.1 Å². The Bertz CT molecular complexity index is 525. The maximum Gasteiger partial charge on any atom is 0.274 e. The van der Waals surface area contributed by atoms with Gasteiger partial charge in [0.15, 0.2) is 0 Å². The van der Waals surface area contributed by atoms with Crippen molar-refractivity contribution in [3.05, 3.63) is 33.9 Å². The van der Waals surface area contributed by atoms with E-state index < -0.39 is 0 Å². The van der Waals surface area contributed by atoms with Crippen LogP contribution in [0.15, 0.2) is 18.2 Å². The molecule has 1 aromatic rings. The van der Waals surface area contributed by atoms with Gasteiger partial charge in [0, 0.05) is 38.3 Å². The van der Waals surface area contributed by atoms with Crippen LogP contribution in [0, 0.1) is 16.0 Å². The van der Waals surface area contributed by atoms with E-state index in [4.69, 9.17) is 0 Å². The maximum atomic E-state index is 11.3. The maximum absolute atomic E-state index is 11.3. The van der Waals surface area contributed by atoms with Crippen LogP contribution in [0.1, 0.15) is 30.9 Å². The predicted molar refractivity (Wildman–Crippen MR) is 79.3 cm³/mol. The Balaban J connectivity index is 1.98. The zero-order valence-electron chi connectivity index (χ0n) is 12.0. The summed E-state index contributed by atoms with van der Waals surface area (Å²) in [7, 11) is 0. The van der Waals surface area contributed by atoms with Crippen molar-refractivity contribution in [2.75, 3.05) is 26.2 Å². The quantitative estimate of drug-likeness (QED) is 0.655. The van der Waals surface area contributed by atoms with Crippen LogP contribution in [0.3, 0.4) is 0 Å². The van der Waals surface area contributed by atoms with Gasteiger partial charge in [0.05, 0.1) is 10.5 Å². The van der Waals surface area contributed by atoms with Crippen LogP contribution in [0.5, 0.6) is 5.75 Å². The van der Waals surface area contributed by atoms with Gasteiger partial charge in [-0.05, 0) is 30.9 Å². The molecule has 2 aliphatic rings. The van der Waals surface area contributed by atoms with Gasteiger partial charge in [0.1, 0.15) is 5.75 Å². The Morgan fingerprint density at radius 3 is 2.62 bits per heavy atom. The predicted octanol–water partition coefficient (Wildman–Crippen LogP) is 2.05. The largest absolute Gasteiger partial charge is 0.508 e. The van der Waals surface area contributed by atoms with Crippen LogP contribution in [0.2, 0.25) is 0 Å². The van der Waals surface area contributed by atoms with E-state index in [1.807, 2.05) is 0 Å². The van der Waals surface area contributed by atoms with Crippen LogP contribution in [0.25, 0.3) is 0 Å². The van der Waals surface area contributed by atoms with Crippen molar-refractivity contribution < 1.29 is 10.0 Å². The van der Waals surface area contributed by atoms with Gasteiger partial charge in [0.2, 0.25) is 0 Å². The summed E-state index contributed by atoms with van der Waals surface area (Å²) in [4.78, 5) is 13.3. The fourth-order valence-electron chi connectivity index (χ4n) is 3.41. The number of nitro groups is 1. The molecule has 3 rings (SSSR count). The van der Waals surface area contributed by atoms with E-state index in [2.05, 4.69) is 10.2 Å². The molecule has 1 aromatic carbocycles. The second-order valence-electron chi connectivity index (χ2n) is 5.92. The molecule has 0 unspecified atom stereocenters. The van der Waals surface area contributed by atoms with Gasteiger partial charge in [0.25, 0.3) is 5.69 Å². The molecule has 0 aromatic heterocycles. The number of hydrogen-bond donors (Lipinski definition) is 2. The second-order valence-corrected chi connectivity index (χ2v) is 5.92. The van der Waals surface area contributed by atoms with E-state index in [-0.39, 0.29) is 22.4 Å². The Morgan fingerprint density at radius 2 is 2.05 bits per heavy atom. The third-order valence-corrected chi connectivity index (χ3v) is 4.67. The first-order chi connectivity index (χ1) is 10.2. The van der Waals surface area contributed by atoms with E-state index in [9.17, 15) is 15.2 Å². The molecular formula is C15H21N3O3. The smallest absolute Gasteiger partial charge is 0.274 e. The number of aromatic hydroxyl groups is 1. The Hall–Kier alpha value is -1.66. The minimum absolute atomic E-state index is 0.0494. The molecule has 1 aliphatic carbocycles. The first-order valence-electron chi connectivity index (χ1n) is 7.59. The molecule has 1 saturated carbocycles. The van der Waals surface area contributed by atoms with Gasteiger partial charge in [-0.3, -0.25) is 15.0 Å². The highest BCUT2D eigenvalue weighted by Gasteiger charge is 2.37.